The van der Waals surface area contributed by atoms with E-state index >= 15 is 0 Å². The van der Waals surface area contributed by atoms with Gasteiger partial charge in [-0.3, -0.25) is 19.9 Å². The number of nitrogens with zero attached hydrogens (tertiary/aromatic N) is 10. The van der Waals surface area contributed by atoms with E-state index in [1.807, 2.05) is 55.1 Å². The number of aryl methyl sites for hydroxylation is 2. The average molecular weight is 1850 g/mol. The van der Waals surface area contributed by atoms with Crippen LogP contribution in [0, 0.1) is 43.7 Å². The number of pyridine rings is 4. The van der Waals surface area contributed by atoms with Crippen LogP contribution in [0.4, 0.5) is 0 Å². The molecule has 11 aromatic heterocycles. The number of furan rings is 1. The molecular weight excluding hydrogens is 1760 g/mol. The third-order valence-corrected chi connectivity index (χ3v) is 26.7. The van der Waals surface area contributed by atoms with Crippen molar-refractivity contribution in [1.82, 2.24) is 47.0 Å². The topological polar surface area (TPSA) is 93.2 Å². The first-order valence-electron chi connectivity index (χ1n) is 45.2. The Labute approximate surface area is 763 Å². The Bertz CT molecular complexity index is 8170. The largest absolute Gasteiger partial charge is 2.00 e. The van der Waals surface area contributed by atoms with Crippen molar-refractivity contribution in [3.8, 4) is 33.9 Å². The molecule has 3 atom stereocenters. The van der Waals surface area contributed by atoms with Crippen LogP contribution < -0.4 is 0 Å². The third kappa shape index (κ3) is 14.4. The molecule has 0 spiro atoms. The number of rotatable bonds is 14. The molecule has 0 saturated carbocycles. The zero-order chi connectivity index (χ0) is 86.4. The van der Waals surface area contributed by atoms with Crippen molar-refractivity contribution in [2.45, 2.75) is 93.9 Å². The Morgan fingerprint density at radius 2 is 0.628 bits per heavy atom. The molecule has 0 bridgehead atoms. The minimum absolute atomic E-state index is 0. The van der Waals surface area contributed by atoms with Gasteiger partial charge in [0.25, 0.3) is 0 Å². The first-order valence-corrected chi connectivity index (χ1v) is 45.2. The van der Waals surface area contributed by atoms with Crippen LogP contribution in [-0.2, 0) is 40.3 Å². The number of imidazole rings is 2. The van der Waals surface area contributed by atoms with Gasteiger partial charge in [0.2, 0.25) is 0 Å². The van der Waals surface area contributed by atoms with Crippen molar-refractivity contribution in [3.63, 3.8) is 0 Å². The second-order valence-electron chi connectivity index (χ2n) is 35.0. The molecule has 129 heavy (non-hydrogen) atoms. The summed E-state index contributed by atoms with van der Waals surface area (Å²) in [5, 5.41) is 16.9. The Morgan fingerprint density at radius 1 is 0.287 bits per heavy atom. The van der Waals surface area contributed by atoms with Gasteiger partial charge in [-0.2, -0.15) is 0 Å². The average Bonchev–Trinajstić information content (AvgIpc) is 1.66. The van der Waals surface area contributed by atoms with E-state index in [2.05, 4.69) is 396 Å². The maximum absolute atomic E-state index is 6.38. The molecule has 14 aromatic carbocycles. The van der Waals surface area contributed by atoms with E-state index in [0.717, 1.165) is 126 Å². The Balaban J connectivity index is 0.000000112. The molecule has 0 fully saturated rings. The fourth-order valence-electron chi connectivity index (χ4n) is 19.9. The van der Waals surface area contributed by atoms with Gasteiger partial charge < -0.3 is 31.5 Å². The minimum Gasteiger partial charge on any atom is -0.456 e. The summed E-state index contributed by atoms with van der Waals surface area (Å²) in [7, 11) is 0. The summed E-state index contributed by atoms with van der Waals surface area (Å²) in [6.07, 6.45) is 14.4. The van der Waals surface area contributed by atoms with Crippen LogP contribution in [-0.4, -0.2) is 47.0 Å². The molecule has 630 valence electrons. The van der Waals surface area contributed by atoms with Crippen LogP contribution >= 0.6 is 0 Å². The number of hydrogen-bond acceptors (Lipinski definition) is 5. The molecule has 0 saturated heterocycles. The van der Waals surface area contributed by atoms with Crippen molar-refractivity contribution < 1.29 is 25.5 Å². The third-order valence-electron chi connectivity index (χ3n) is 26.7. The van der Waals surface area contributed by atoms with Crippen LogP contribution in [0.1, 0.15) is 88.9 Å². The van der Waals surface area contributed by atoms with Gasteiger partial charge in [-0.05, 0) is 223 Å². The molecule has 12 heteroatoms. The van der Waals surface area contributed by atoms with Crippen LogP contribution in [0.15, 0.2) is 351 Å². The molecule has 25 aromatic rings. The summed E-state index contributed by atoms with van der Waals surface area (Å²) in [6, 6.07) is 122. The summed E-state index contributed by atoms with van der Waals surface area (Å²) in [4.78, 5) is 18.7. The number of fused-ring (bicyclic) bond motifs is 27. The van der Waals surface area contributed by atoms with E-state index in [4.69, 9.17) is 14.4 Å². The molecule has 0 aliphatic heterocycles. The van der Waals surface area contributed by atoms with E-state index in [0.29, 0.717) is 17.8 Å². The van der Waals surface area contributed by atoms with E-state index in [9.17, 15) is 0 Å². The molecule has 11 nitrogen and oxygen atoms in total. The molecule has 0 radical (unpaired) electrons. The van der Waals surface area contributed by atoms with E-state index in [-0.39, 0.29) is 21.1 Å². The Morgan fingerprint density at radius 3 is 1.09 bits per heavy atom. The molecule has 0 amide bonds. The molecule has 0 N–H and O–H groups in total. The predicted molar refractivity (Wildman–Crippen MR) is 536 cm³/mol. The fraction of sp³-hybridized carbons (Fsp3) is 0.145. The number of para-hydroxylation sites is 7. The van der Waals surface area contributed by atoms with Crippen LogP contribution in [0.5, 0.6) is 0 Å². The van der Waals surface area contributed by atoms with Gasteiger partial charge >= 0.3 is 21.1 Å². The van der Waals surface area contributed by atoms with Crippen molar-refractivity contribution in [1.29, 1.82) is 0 Å². The van der Waals surface area contributed by atoms with Gasteiger partial charge in [0.15, 0.2) is 0 Å². The first-order chi connectivity index (χ1) is 62.9. The van der Waals surface area contributed by atoms with Gasteiger partial charge in [-0.25, -0.2) is 0 Å². The molecule has 0 aliphatic carbocycles. The Hall–Kier alpha value is -14.5. The van der Waals surface area contributed by atoms with Gasteiger partial charge in [0.1, 0.15) is 11.2 Å². The van der Waals surface area contributed by atoms with Crippen molar-refractivity contribution in [2.75, 3.05) is 0 Å². The standard InChI is InChI=1S/C47H36N2O.C33H28N4.C21H21N2.C16H11N2.Pt/c1-3-30(2)24-31-20-22-46-40(25-31)41-28-32(21-23-47(41)50-46)33-26-34(48-42-16-8-4-12-36(42)37-13-5-9-17-43(37)48)29-35(27-33)49-44-18-10-6-14-38(44)39-15-7-11-19-45(39)49;1-3-22(2)18-23-19-24(36-28-12-6-4-10-26(28)32-30(36)14-8-16-34-32)21-25(20-23)37-29-13-7-5-11-27(29)33-31(37)15-9-17-35-33;1-4-14(2)11-16-9-10-20-19(12-16)17-7-5-6-8-18(17)21-22-13-15(3)23(20)21;1-11-10-17-16-14-8-3-2-6-12(14)13-7-4-5-9-15(13)18(11)16;/h4-23,25-30H,3,24H2,1-2H3;4-17,19-22H,3,18H2,1-2H3;5-7,9-10,12-14H,4,11H2,1-3H3;2-7,9-10H,1H3;/q;;2*-1;+2. The zero-order valence-corrected chi connectivity index (χ0v) is 75.9. The van der Waals surface area contributed by atoms with Crippen LogP contribution in [0.2, 0.25) is 0 Å². The van der Waals surface area contributed by atoms with Gasteiger partial charge in [-0.1, -0.05) is 223 Å². The van der Waals surface area contributed by atoms with Gasteiger partial charge in [0, 0.05) is 113 Å². The van der Waals surface area contributed by atoms with Crippen LogP contribution in [0.3, 0.4) is 0 Å². The maximum atomic E-state index is 6.38. The van der Waals surface area contributed by atoms with E-state index < -0.39 is 0 Å². The molecule has 0 aliphatic rings. The number of hydrogen-bond donors (Lipinski definition) is 0. The summed E-state index contributed by atoms with van der Waals surface area (Å²) in [5.74, 6) is 1.95. The zero-order valence-electron chi connectivity index (χ0n) is 73.6. The summed E-state index contributed by atoms with van der Waals surface area (Å²) in [6.45, 7) is 18.0. The second-order valence-corrected chi connectivity index (χ2v) is 35.0. The smallest absolute Gasteiger partial charge is 0.456 e. The Kier molecular flexibility index (Phi) is 21.5. The quantitative estimate of drug-likeness (QED) is 0.0799. The van der Waals surface area contributed by atoms with Crippen molar-refractivity contribution >= 4 is 164 Å². The predicted octanol–water partition coefficient (Wildman–Crippen LogP) is 30.4. The van der Waals surface area contributed by atoms with Crippen molar-refractivity contribution in [3.05, 3.63) is 387 Å². The van der Waals surface area contributed by atoms with Crippen molar-refractivity contribution in [2.24, 2.45) is 17.8 Å². The number of benzene rings is 14. The fourth-order valence-corrected chi connectivity index (χ4v) is 19.9. The summed E-state index contributed by atoms with van der Waals surface area (Å²) < 4.78 is 20.4. The maximum Gasteiger partial charge on any atom is 2.00 e. The molecule has 25 rings (SSSR count). The van der Waals surface area contributed by atoms with E-state index in [1.165, 1.54) is 139 Å². The van der Waals surface area contributed by atoms with Gasteiger partial charge in [-0.15, -0.1) is 59.3 Å². The molecule has 3 unspecified atom stereocenters. The summed E-state index contributed by atoms with van der Waals surface area (Å²) in [5.41, 5.74) is 31.1. The van der Waals surface area contributed by atoms with Gasteiger partial charge in [0.05, 0.1) is 66.5 Å². The second kappa shape index (κ2) is 34.0. The monoisotopic (exact) mass is 1850 g/mol. The first kappa shape index (κ1) is 81.5. The molecular formula is C117H96N10OPt. The summed E-state index contributed by atoms with van der Waals surface area (Å²) >= 11 is 0. The SMILES string of the molecule is CCC(C)Cc1cc(-n2c3ccccc3c3ncccc32)cc(-n2c3ccccc3c3ncccc32)c1.CCC(C)Cc1ccc2c(c1)c1ccc[c-]c1c1ncc(C)n21.CCC(C)Cc1ccc2oc3ccc(-c4cc(-n5c6ccccc6c6ccccc65)cc(-n5c6ccccc6c6ccccc65)c4)cc3c2c1.Cc1cnc2c3[c-]cccc3c3ccccc3n12.[Pt+2]. The minimum atomic E-state index is 0. The normalized spacial score (nSPS) is 12.5. The van der Waals surface area contributed by atoms with E-state index in [1.54, 1.807) is 0 Å². The number of aromatic nitrogens is 10. The molecule has 11 heterocycles. The van der Waals surface area contributed by atoms with Crippen LogP contribution in [0.25, 0.3) is 198 Å².